The second-order valence-corrected chi connectivity index (χ2v) is 6.14. The van der Waals surface area contributed by atoms with E-state index in [1.165, 1.54) is 48.0 Å². The van der Waals surface area contributed by atoms with Gasteiger partial charge in [-0.15, -0.1) is 0 Å². The molecule has 1 fully saturated rings. The van der Waals surface area contributed by atoms with Crippen molar-refractivity contribution in [1.29, 1.82) is 0 Å². The first-order valence-corrected chi connectivity index (χ1v) is 7.67. The summed E-state index contributed by atoms with van der Waals surface area (Å²) in [5.74, 6) is 0. The Morgan fingerprint density at radius 2 is 2.22 bits per heavy atom. The van der Waals surface area contributed by atoms with Crippen LogP contribution in [0.3, 0.4) is 0 Å². The van der Waals surface area contributed by atoms with Crippen molar-refractivity contribution in [1.82, 2.24) is 5.32 Å². The Kier molecular flexibility index (Phi) is 5.07. The Hall–Kier alpha value is -0.540. The Morgan fingerprint density at radius 1 is 1.39 bits per heavy atom. The Bertz CT molecular complexity index is 386. The number of halogens is 1. The Balaban J connectivity index is 1.86. The fourth-order valence-corrected chi connectivity index (χ4v) is 2.83. The standard InChI is InChI=1S/C15H23BrN2/c1-12-6-7-14(11-15(12)16)18(2)10-8-13-5-3-4-9-17-13/h6-7,11,13,17H,3-5,8-10H2,1-2H3. The van der Waals surface area contributed by atoms with Crippen molar-refractivity contribution in [3.8, 4) is 0 Å². The molecule has 0 radical (unpaired) electrons. The minimum absolute atomic E-state index is 0.718. The average molecular weight is 311 g/mol. The summed E-state index contributed by atoms with van der Waals surface area (Å²) in [6.45, 7) is 4.44. The first-order chi connectivity index (χ1) is 8.66. The minimum Gasteiger partial charge on any atom is -0.375 e. The summed E-state index contributed by atoms with van der Waals surface area (Å²) in [6.07, 6.45) is 5.31. The molecule has 2 nitrogen and oxygen atoms in total. The van der Waals surface area contributed by atoms with Crippen LogP contribution in [0.15, 0.2) is 22.7 Å². The summed E-state index contributed by atoms with van der Waals surface area (Å²) >= 11 is 3.60. The number of benzene rings is 1. The van der Waals surface area contributed by atoms with E-state index in [1.807, 2.05) is 0 Å². The molecule has 1 atom stereocenters. The lowest BCUT2D eigenvalue weighted by atomic mass is 10.0. The lowest BCUT2D eigenvalue weighted by Crippen LogP contribution is -2.36. The van der Waals surface area contributed by atoms with Crippen LogP contribution in [0.25, 0.3) is 0 Å². The third-order valence-corrected chi connectivity index (χ3v) is 4.68. The normalized spacial score (nSPS) is 19.8. The molecule has 3 heteroatoms. The minimum atomic E-state index is 0.718. The lowest BCUT2D eigenvalue weighted by molar-refractivity contribution is 0.384. The van der Waals surface area contributed by atoms with Gasteiger partial charge in [0.05, 0.1) is 0 Å². The van der Waals surface area contributed by atoms with Gasteiger partial charge in [-0.2, -0.15) is 0 Å². The van der Waals surface area contributed by atoms with Crippen molar-refractivity contribution in [2.75, 3.05) is 25.0 Å². The van der Waals surface area contributed by atoms with E-state index in [1.54, 1.807) is 0 Å². The van der Waals surface area contributed by atoms with E-state index in [2.05, 4.69) is 58.3 Å². The topological polar surface area (TPSA) is 15.3 Å². The fourth-order valence-electron chi connectivity index (χ4n) is 2.47. The molecule has 18 heavy (non-hydrogen) atoms. The van der Waals surface area contributed by atoms with E-state index in [4.69, 9.17) is 0 Å². The van der Waals surface area contributed by atoms with Crippen LogP contribution in [-0.4, -0.2) is 26.2 Å². The summed E-state index contributed by atoms with van der Waals surface area (Å²) in [7, 11) is 2.18. The predicted molar refractivity (Wildman–Crippen MR) is 82.4 cm³/mol. The molecule has 1 aromatic rings. The molecule has 2 rings (SSSR count). The van der Waals surface area contributed by atoms with Crippen LogP contribution in [0.1, 0.15) is 31.2 Å². The van der Waals surface area contributed by atoms with Crippen LogP contribution in [0.2, 0.25) is 0 Å². The average Bonchev–Trinajstić information content (AvgIpc) is 2.40. The van der Waals surface area contributed by atoms with Crippen LogP contribution in [-0.2, 0) is 0 Å². The van der Waals surface area contributed by atoms with E-state index in [9.17, 15) is 0 Å². The van der Waals surface area contributed by atoms with Gasteiger partial charge in [-0.1, -0.05) is 28.4 Å². The first-order valence-electron chi connectivity index (χ1n) is 6.87. The number of hydrogen-bond donors (Lipinski definition) is 1. The summed E-state index contributed by atoms with van der Waals surface area (Å²) in [4.78, 5) is 2.35. The van der Waals surface area contributed by atoms with Crippen LogP contribution < -0.4 is 10.2 Å². The number of rotatable bonds is 4. The van der Waals surface area contributed by atoms with Gasteiger partial charge >= 0.3 is 0 Å². The third-order valence-electron chi connectivity index (χ3n) is 3.82. The van der Waals surface area contributed by atoms with Gasteiger partial charge in [-0.3, -0.25) is 0 Å². The highest BCUT2D eigenvalue weighted by atomic mass is 79.9. The third kappa shape index (κ3) is 3.72. The fraction of sp³-hybridized carbons (Fsp3) is 0.600. The molecule has 1 saturated heterocycles. The molecule has 1 unspecified atom stereocenters. The van der Waals surface area contributed by atoms with E-state index in [0.717, 1.165) is 12.6 Å². The highest BCUT2D eigenvalue weighted by Crippen LogP contribution is 2.23. The van der Waals surface area contributed by atoms with Gasteiger partial charge in [0.2, 0.25) is 0 Å². The van der Waals surface area contributed by atoms with Crippen molar-refractivity contribution in [3.63, 3.8) is 0 Å². The van der Waals surface area contributed by atoms with Crippen molar-refractivity contribution >= 4 is 21.6 Å². The zero-order valence-electron chi connectivity index (χ0n) is 11.4. The van der Waals surface area contributed by atoms with Crippen molar-refractivity contribution in [2.45, 2.75) is 38.6 Å². The highest BCUT2D eigenvalue weighted by Gasteiger charge is 2.13. The number of nitrogens with one attached hydrogen (secondary N) is 1. The van der Waals surface area contributed by atoms with E-state index < -0.39 is 0 Å². The maximum absolute atomic E-state index is 3.61. The molecule has 0 saturated carbocycles. The first kappa shape index (κ1) is 13.9. The van der Waals surface area contributed by atoms with Gasteiger partial charge in [-0.05, 0) is 50.4 Å². The lowest BCUT2D eigenvalue weighted by Gasteiger charge is -2.27. The Morgan fingerprint density at radius 3 is 2.89 bits per heavy atom. The SMILES string of the molecule is Cc1ccc(N(C)CCC2CCCCN2)cc1Br. The van der Waals surface area contributed by atoms with Crippen molar-refractivity contribution in [2.24, 2.45) is 0 Å². The molecule has 0 bridgehead atoms. The molecule has 1 heterocycles. The number of nitrogens with zero attached hydrogens (tertiary/aromatic N) is 1. The number of piperidine rings is 1. The zero-order chi connectivity index (χ0) is 13.0. The molecule has 100 valence electrons. The van der Waals surface area contributed by atoms with Gasteiger partial charge in [0, 0.05) is 29.8 Å². The number of hydrogen-bond acceptors (Lipinski definition) is 2. The predicted octanol–water partition coefficient (Wildman–Crippen LogP) is 3.73. The van der Waals surface area contributed by atoms with E-state index in [0.29, 0.717) is 0 Å². The molecule has 0 aromatic heterocycles. The smallest absolute Gasteiger partial charge is 0.0375 e. The quantitative estimate of drug-likeness (QED) is 0.911. The summed E-state index contributed by atoms with van der Waals surface area (Å²) in [6, 6.07) is 7.31. The number of anilines is 1. The van der Waals surface area contributed by atoms with E-state index in [-0.39, 0.29) is 0 Å². The molecular weight excluding hydrogens is 288 g/mol. The maximum Gasteiger partial charge on any atom is 0.0375 e. The van der Waals surface area contributed by atoms with Gasteiger partial charge < -0.3 is 10.2 Å². The van der Waals surface area contributed by atoms with Gasteiger partial charge in [0.25, 0.3) is 0 Å². The highest BCUT2D eigenvalue weighted by molar-refractivity contribution is 9.10. The van der Waals surface area contributed by atoms with Crippen molar-refractivity contribution in [3.05, 3.63) is 28.2 Å². The van der Waals surface area contributed by atoms with Crippen LogP contribution in [0, 0.1) is 6.92 Å². The molecule has 0 amide bonds. The van der Waals surface area contributed by atoms with Crippen LogP contribution >= 0.6 is 15.9 Å². The maximum atomic E-state index is 3.61. The molecule has 0 aliphatic carbocycles. The van der Waals surface area contributed by atoms with Gasteiger partial charge in [0.1, 0.15) is 0 Å². The molecular formula is C15H23BrN2. The molecule has 1 aliphatic heterocycles. The van der Waals surface area contributed by atoms with E-state index >= 15 is 0 Å². The molecule has 0 spiro atoms. The summed E-state index contributed by atoms with van der Waals surface area (Å²) in [5.41, 5.74) is 2.59. The largest absolute Gasteiger partial charge is 0.375 e. The summed E-state index contributed by atoms with van der Waals surface area (Å²) < 4.78 is 1.20. The zero-order valence-corrected chi connectivity index (χ0v) is 13.0. The van der Waals surface area contributed by atoms with Crippen molar-refractivity contribution < 1.29 is 0 Å². The second kappa shape index (κ2) is 6.58. The van der Waals surface area contributed by atoms with Gasteiger partial charge in [0.15, 0.2) is 0 Å². The molecule has 1 N–H and O–H groups in total. The van der Waals surface area contributed by atoms with Crippen LogP contribution in [0.5, 0.6) is 0 Å². The number of aryl methyl sites for hydroxylation is 1. The molecule has 1 aromatic carbocycles. The van der Waals surface area contributed by atoms with Crippen LogP contribution in [0.4, 0.5) is 5.69 Å². The molecule has 1 aliphatic rings. The monoisotopic (exact) mass is 310 g/mol. The van der Waals surface area contributed by atoms with Gasteiger partial charge in [-0.25, -0.2) is 0 Å². The summed E-state index contributed by atoms with van der Waals surface area (Å²) in [5, 5.41) is 3.61. The Labute approximate surface area is 119 Å². The second-order valence-electron chi connectivity index (χ2n) is 5.29.